The maximum Gasteiger partial charge on any atom is 0.472 e. The minimum absolute atomic E-state index is 0.230. The highest BCUT2D eigenvalue weighted by molar-refractivity contribution is 7.47. The Morgan fingerprint density at radius 3 is 1.16 bits per heavy atom. The van der Waals surface area contributed by atoms with E-state index in [-0.39, 0.29) is 25.4 Å². The van der Waals surface area contributed by atoms with E-state index in [2.05, 4.69) is 116 Å². The number of phosphoric acid groups is 1. The van der Waals surface area contributed by atoms with E-state index in [4.69, 9.17) is 14.0 Å². The summed E-state index contributed by atoms with van der Waals surface area (Å²) in [6, 6.07) is 0. The minimum Gasteiger partial charge on any atom is -0.462 e. The Morgan fingerprint density at radius 1 is 0.459 bits per heavy atom. The third-order valence-corrected chi connectivity index (χ3v) is 10.8. The van der Waals surface area contributed by atoms with Gasteiger partial charge >= 0.3 is 19.8 Å². The van der Waals surface area contributed by atoms with Crippen molar-refractivity contribution in [2.24, 2.45) is 0 Å². The molecule has 61 heavy (non-hydrogen) atoms. The van der Waals surface area contributed by atoms with E-state index in [0.29, 0.717) is 6.42 Å². The molecule has 0 aliphatic heterocycles. The first-order valence-corrected chi connectivity index (χ1v) is 25.4. The van der Waals surface area contributed by atoms with Crippen molar-refractivity contribution >= 4 is 19.8 Å². The maximum absolute atomic E-state index is 12.6. The Hall–Kier alpha value is -3.03. The largest absolute Gasteiger partial charge is 0.472 e. The number of unbranched alkanes of at least 4 members (excludes halogenated alkanes) is 16. The van der Waals surface area contributed by atoms with Crippen LogP contribution in [0.25, 0.3) is 0 Å². The van der Waals surface area contributed by atoms with Crippen LogP contribution in [0.3, 0.4) is 0 Å². The number of ether oxygens (including phenoxy) is 2. The fourth-order valence-corrected chi connectivity index (χ4v) is 6.69. The van der Waals surface area contributed by atoms with Gasteiger partial charge in [0, 0.05) is 20.0 Å². The van der Waals surface area contributed by atoms with Crippen LogP contribution in [0.15, 0.2) is 97.2 Å². The molecule has 0 amide bonds. The number of carbonyl (C=O) groups excluding carboxylic acids is 2. The van der Waals surface area contributed by atoms with Gasteiger partial charge in [0.05, 0.1) is 6.61 Å². The molecule has 0 heterocycles. The van der Waals surface area contributed by atoms with Gasteiger partial charge in [0.2, 0.25) is 0 Å². The summed E-state index contributed by atoms with van der Waals surface area (Å²) < 4.78 is 32.1. The lowest BCUT2D eigenvalue weighted by Crippen LogP contribution is -2.29. The average molecular weight is 871 g/mol. The lowest BCUT2D eigenvalue weighted by atomic mass is 10.0. The molecule has 0 fully saturated rings. The molecule has 0 bridgehead atoms. The summed E-state index contributed by atoms with van der Waals surface area (Å²) in [6.45, 7) is 3.65. The van der Waals surface area contributed by atoms with Gasteiger partial charge in [0.25, 0.3) is 0 Å². The number of hydrogen-bond acceptors (Lipinski definition) is 7. The Kier molecular flexibility index (Phi) is 44.2. The molecule has 2 unspecified atom stereocenters. The van der Waals surface area contributed by atoms with Gasteiger partial charge in [-0.1, -0.05) is 188 Å². The zero-order valence-electron chi connectivity index (χ0n) is 38.8. The van der Waals surface area contributed by atoms with Crippen LogP contribution >= 0.6 is 7.82 Å². The van der Waals surface area contributed by atoms with Crippen molar-refractivity contribution in [1.82, 2.24) is 0 Å². The molecule has 0 aliphatic carbocycles. The summed E-state index contributed by atoms with van der Waals surface area (Å²) in [5.41, 5.74) is 0. The molecule has 0 spiro atoms. The Bertz CT molecular complexity index is 1310. The van der Waals surface area contributed by atoms with Gasteiger partial charge < -0.3 is 14.4 Å². The van der Waals surface area contributed by atoms with Crippen LogP contribution in [0.5, 0.6) is 0 Å². The van der Waals surface area contributed by atoms with Crippen LogP contribution in [-0.2, 0) is 32.7 Å². The SMILES string of the molecule is CC/C=C\C/C=C\C/C=C\C/C=C\CCCCCCCCCCCCC(=O)OC(COC(=O)CCCCCCCC/C=C\C/C=C\C/C=C\C/C=C\CC)COP(=O)(O)OC. The van der Waals surface area contributed by atoms with Crippen LogP contribution in [0.4, 0.5) is 0 Å². The molecular formula is C52H87O8P. The Balaban J connectivity index is 3.99. The normalized spacial score (nSPS) is 14.1. The van der Waals surface area contributed by atoms with Crippen LogP contribution in [0.2, 0.25) is 0 Å². The Morgan fingerprint density at radius 2 is 0.787 bits per heavy atom. The topological polar surface area (TPSA) is 108 Å². The molecule has 0 rings (SSSR count). The van der Waals surface area contributed by atoms with Gasteiger partial charge in [-0.05, 0) is 89.9 Å². The number of rotatable bonds is 43. The van der Waals surface area contributed by atoms with Crippen LogP contribution in [0, 0.1) is 0 Å². The van der Waals surface area contributed by atoms with Crippen molar-refractivity contribution in [2.75, 3.05) is 20.3 Å². The van der Waals surface area contributed by atoms with Gasteiger partial charge in [-0.25, -0.2) is 4.57 Å². The van der Waals surface area contributed by atoms with Crippen LogP contribution in [0.1, 0.15) is 194 Å². The van der Waals surface area contributed by atoms with E-state index in [9.17, 15) is 19.0 Å². The average Bonchev–Trinajstić information content (AvgIpc) is 3.25. The van der Waals surface area contributed by atoms with Gasteiger partial charge in [-0.3, -0.25) is 18.6 Å². The number of hydrogen-bond donors (Lipinski definition) is 1. The summed E-state index contributed by atoms with van der Waals surface area (Å²) in [5.74, 6) is -0.830. The first-order valence-electron chi connectivity index (χ1n) is 23.9. The first-order chi connectivity index (χ1) is 29.8. The monoisotopic (exact) mass is 871 g/mol. The molecule has 0 aromatic rings. The predicted octanol–water partition coefficient (Wildman–Crippen LogP) is 15.6. The number of carbonyl (C=O) groups is 2. The molecule has 0 aromatic heterocycles. The van der Waals surface area contributed by atoms with Gasteiger partial charge in [0.15, 0.2) is 6.10 Å². The van der Waals surface area contributed by atoms with Gasteiger partial charge in [-0.2, -0.15) is 0 Å². The molecular weight excluding hydrogens is 784 g/mol. The molecule has 0 saturated heterocycles. The smallest absolute Gasteiger partial charge is 0.462 e. The van der Waals surface area contributed by atoms with Crippen molar-refractivity contribution in [3.63, 3.8) is 0 Å². The van der Waals surface area contributed by atoms with E-state index < -0.39 is 26.5 Å². The zero-order valence-corrected chi connectivity index (χ0v) is 39.7. The van der Waals surface area contributed by atoms with E-state index in [1.165, 1.54) is 44.9 Å². The van der Waals surface area contributed by atoms with E-state index in [1.807, 2.05) is 0 Å². The van der Waals surface area contributed by atoms with Gasteiger partial charge in [-0.15, -0.1) is 0 Å². The van der Waals surface area contributed by atoms with E-state index in [1.54, 1.807) is 0 Å². The maximum atomic E-state index is 12.6. The quantitative estimate of drug-likeness (QED) is 0.0279. The van der Waals surface area contributed by atoms with Gasteiger partial charge in [0.1, 0.15) is 6.61 Å². The molecule has 1 N–H and O–H groups in total. The molecule has 0 radical (unpaired) electrons. The third-order valence-electron chi connectivity index (χ3n) is 9.82. The van der Waals surface area contributed by atoms with Crippen molar-refractivity contribution in [3.05, 3.63) is 97.2 Å². The molecule has 8 nitrogen and oxygen atoms in total. The second-order valence-corrected chi connectivity index (χ2v) is 17.0. The summed E-state index contributed by atoms with van der Waals surface area (Å²) >= 11 is 0. The second kappa shape index (κ2) is 46.5. The predicted molar refractivity (Wildman–Crippen MR) is 257 cm³/mol. The van der Waals surface area contributed by atoms with Crippen molar-refractivity contribution in [3.8, 4) is 0 Å². The van der Waals surface area contributed by atoms with E-state index >= 15 is 0 Å². The number of phosphoric ester groups is 1. The summed E-state index contributed by atoms with van der Waals surface area (Å²) in [6.07, 6.45) is 63.2. The van der Waals surface area contributed by atoms with E-state index in [0.717, 1.165) is 123 Å². The molecule has 0 aromatic carbocycles. The number of esters is 2. The van der Waals surface area contributed by atoms with Crippen LogP contribution < -0.4 is 0 Å². The highest BCUT2D eigenvalue weighted by Gasteiger charge is 2.24. The molecule has 9 heteroatoms. The van der Waals surface area contributed by atoms with Crippen molar-refractivity contribution < 1.29 is 37.6 Å². The fraction of sp³-hybridized carbons (Fsp3) is 0.654. The first kappa shape index (κ1) is 58.0. The Labute approximate surface area is 373 Å². The highest BCUT2D eigenvalue weighted by atomic mass is 31.2. The zero-order chi connectivity index (χ0) is 44.6. The minimum atomic E-state index is -4.28. The third kappa shape index (κ3) is 46.3. The molecule has 0 saturated carbocycles. The number of allylic oxidation sites excluding steroid dienone is 16. The van der Waals surface area contributed by atoms with Crippen LogP contribution in [-0.4, -0.2) is 43.3 Å². The summed E-state index contributed by atoms with van der Waals surface area (Å²) in [5, 5.41) is 0. The lowest BCUT2D eigenvalue weighted by Gasteiger charge is -2.19. The molecule has 2 atom stereocenters. The fourth-order valence-electron chi connectivity index (χ4n) is 6.23. The standard InChI is InChI=1S/C52H87O8P/c1-4-6-8-10-12-14-16-18-20-22-24-25-26-27-29-31-33-35-37-39-41-43-45-47-52(54)60-50(49-59-61(55,56)57-3)48-58-51(53)46-44-42-40-38-36-34-32-30-28-23-21-19-17-15-13-11-9-7-5-2/h6-9,12-15,18-21,24-25,28,30,50H,4-5,10-11,16-17,22-23,26-27,29,31-49H2,1-3H3,(H,55,56)/b8-6-,9-7-,14-12-,15-13-,20-18-,21-19-,25-24-,30-28-. The van der Waals surface area contributed by atoms with Crippen molar-refractivity contribution in [1.29, 1.82) is 0 Å². The summed E-state index contributed by atoms with van der Waals surface area (Å²) in [4.78, 5) is 34.6. The molecule has 0 aliphatic rings. The summed E-state index contributed by atoms with van der Waals surface area (Å²) in [7, 11) is -3.22. The van der Waals surface area contributed by atoms with Crippen molar-refractivity contribution in [2.45, 2.75) is 200 Å². The lowest BCUT2D eigenvalue weighted by molar-refractivity contribution is -0.161. The highest BCUT2D eigenvalue weighted by Crippen LogP contribution is 2.42. The molecule has 348 valence electrons. The second-order valence-electron chi connectivity index (χ2n) is 15.5.